The number of halogens is 3. The Morgan fingerprint density at radius 2 is 1.84 bits per heavy atom. The van der Waals surface area contributed by atoms with Gasteiger partial charge in [0, 0.05) is 24.0 Å². The number of hydrogen-bond acceptors (Lipinski definition) is 5. The molecule has 0 radical (unpaired) electrons. The van der Waals surface area contributed by atoms with E-state index in [0.717, 1.165) is 24.1 Å². The molecule has 0 N–H and O–H groups in total. The van der Waals surface area contributed by atoms with Crippen molar-refractivity contribution in [3.8, 4) is 11.4 Å². The van der Waals surface area contributed by atoms with E-state index in [9.17, 15) is 21.6 Å². The van der Waals surface area contributed by atoms with E-state index < -0.39 is 21.9 Å². The van der Waals surface area contributed by atoms with Gasteiger partial charge < -0.3 is 4.74 Å². The lowest BCUT2D eigenvalue weighted by Gasteiger charge is -2.15. The molecule has 160 valence electrons. The summed E-state index contributed by atoms with van der Waals surface area (Å²) in [6.45, 7) is 1.95. The van der Waals surface area contributed by atoms with Crippen LogP contribution in [0.2, 0.25) is 0 Å². The average molecular weight is 447 g/mol. The molecule has 0 unspecified atom stereocenters. The van der Waals surface area contributed by atoms with Crippen LogP contribution in [0.4, 0.5) is 13.2 Å². The monoisotopic (exact) mass is 447 g/mol. The van der Waals surface area contributed by atoms with Crippen molar-refractivity contribution >= 4 is 20.7 Å². The third-order valence-corrected chi connectivity index (χ3v) is 6.45. The van der Waals surface area contributed by atoms with Gasteiger partial charge in [-0.1, -0.05) is 19.1 Å². The molecule has 10 heteroatoms. The number of sulfone groups is 1. The Labute approximate surface area is 175 Å². The quantitative estimate of drug-likeness (QED) is 0.443. The fourth-order valence-corrected chi connectivity index (χ4v) is 4.60. The predicted octanol–water partition coefficient (Wildman–Crippen LogP) is 4.71. The fourth-order valence-electron chi connectivity index (χ4n) is 3.20. The van der Waals surface area contributed by atoms with Crippen LogP contribution in [0.15, 0.2) is 76.9 Å². The molecule has 0 saturated heterocycles. The first-order chi connectivity index (χ1) is 14.7. The van der Waals surface area contributed by atoms with Crippen LogP contribution in [0.1, 0.15) is 12.5 Å². The van der Waals surface area contributed by atoms with Gasteiger partial charge in [0.1, 0.15) is 10.6 Å². The lowest BCUT2D eigenvalue weighted by molar-refractivity contribution is -0.274. The van der Waals surface area contributed by atoms with Crippen molar-refractivity contribution in [2.24, 2.45) is 0 Å². The summed E-state index contributed by atoms with van der Waals surface area (Å²) in [7, 11) is -4.05. The molecule has 2 aromatic carbocycles. The Morgan fingerprint density at radius 3 is 2.45 bits per heavy atom. The Balaban J connectivity index is 1.97. The molecule has 31 heavy (non-hydrogen) atoms. The molecule has 0 fully saturated rings. The highest BCUT2D eigenvalue weighted by molar-refractivity contribution is 7.91. The Hall–Kier alpha value is -3.40. The van der Waals surface area contributed by atoms with Crippen molar-refractivity contribution in [2.75, 3.05) is 0 Å². The maximum absolute atomic E-state index is 13.4. The van der Waals surface area contributed by atoms with E-state index in [1.165, 1.54) is 41.5 Å². The van der Waals surface area contributed by atoms with Gasteiger partial charge in [0.15, 0.2) is 0 Å². The zero-order valence-electron chi connectivity index (χ0n) is 16.2. The Morgan fingerprint density at radius 1 is 1.10 bits per heavy atom. The topological polar surface area (TPSA) is 74.1 Å². The average Bonchev–Trinajstić information content (AvgIpc) is 3.26. The van der Waals surface area contributed by atoms with Crippen LogP contribution in [0, 0.1) is 0 Å². The number of rotatable bonds is 5. The molecule has 0 aliphatic carbocycles. The number of ether oxygens (including phenoxy) is 1. The molecule has 4 rings (SSSR count). The van der Waals surface area contributed by atoms with Crippen LogP contribution >= 0.6 is 0 Å². The SMILES string of the molecule is CCc1ccc(S(=O)(=O)c2cnc3ccc(OC(F)(F)F)cc3c2-n2cccn2)cc1. The van der Waals surface area contributed by atoms with Crippen molar-refractivity contribution in [1.82, 2.24) is 14.8 Å². The minimum absolute atomic E-state index is 0.0435. The van der Waals surface area contributed by atoms with Gasteiger partial charge in [0.2, 0.25) is 9.84 Å². The first kappa shape index (κ1) is 20.9. The van der Waals surface area contributed by atoms with Gasteiger partial charge in [-0.05, 0) is 48.4 Å². The van der Waals surface area contributed by atoms with Crippen LogP contribution in [0.3, 0.4) is 0 Å². The molecule has 0 aliphatic heterocycles. The summed E-state index contributed by atoms with van der Waals surface area (Å²) in [4.78, 5) is 4.02. The summed E-state index contributed by atoms with van der Waals surface area (Å²) in [6, 6.07) is 11.5. The van der Waals surface area contributed by atoms with Crippen molar-refractivity contribution < 1.29 is 26.3 Å². The van der Waals surface area contributed by atoms with Crippen LogP contribution in [-0.2, 0) is 16.3 Å². The molecule has 2 heterocycles. The lowest BCUT2D eigenvalue weighted by Crippen LogP contribution is -2.17. The predicted molar refractivity (Wildman–Crippen MR) is 107 cm³/mol. The number of pyridine rings is 1. The number of alkyl halides is 3. The van der Waals surface area contributed by atoms with Crippen molar-refractivity contribution in [2.45, 2.75) is 29.5 Å². The molecule has 0 saturated carbocycles. The zero-order chi connectivity index (χ0) is 22.2. The summed E-state index contributed by atoms with van der Waals surface area (Å²) in [5, 5.41) is 4.25. The van der Waals surface area contributed by atoms with E-state index in [2.05, 4.69) is 14.8 Å². The van der Waals surface area contributed by atoms with Crippen molar-refractivity contribution in [3.63, 3.8) is 0 Å². The number of aryl methyl sites for hydroxylation is 1. The number of benzene rings is 2. The number of fused-ring (bicyclic) bond motifs is 1. The first-order valence-electron chi connectivity index (χ1n) is 9.21. The van der Waals surface area contributed by atoms with Gasteiger partial charge in [-0.25, -0.2) is 13.1 Å². The second-order valence-electron chi connectivity index (χ2n) is 6.65. The molecule has 6 nitrogen and oxygen atoms in total. The summed E-state index contributed by atoms with van der Waals surface area (Å²) in [6.07, 6.45) is -0.0111. The molecular formula is C21H16F3N3O3S. The number of hydrogen-bond donors (Lipinski definition) is 0. The Bertz CT molecular complexity index is 1330. The molecule has 0 atom stereocenters. The molecule has 0 spiro atoms. The fraction of sp³-hybridized carbons (Fsp3) is 0.143. The van der Waals surface area contributed by atoms with Gasteiger partial charge in [-0.15, -0.1) is 13.2 Å². The molecule has 0 amide bonds. The van der Waals surface area contributed by atoms with Gasteiger partial charge in [0.05, 0.1) is 16.1 Å². The van der Waals surface area contributed by atoms with Gasteiger partial charge >= 0.3 is 6.36 Å². The van der Waals surface area contributed by atoms with Crippen molar-refractivity contribution in [1.29, 1.82) is 0 Å². The minimum atomic E-state index is -4.89. The van der Waals surface area contributed by atoms with Crippen LogP contribution in [0.25, 0.3) is 16.6 Å². The van der Waals surface area contributed by atoms with Crippen LogP contribution in [-0.4, -0.2) is 29.5 Å². The highest BCUT2D eigenvalue weighted by Gasteiger charge is 2.32. The normalized spacial score (nSPS) is 12.3. The molecule has 0 aliphatic rings. The summed E-state index contributed by atoms with van der Waals surface area (Å²) >= 11 is 0. The van der Waals surface area contributed by atoms with E-state index in [1.807, 2.05) is 6.92 Å². The largest absolute Gasteiger partial charge is 0.573 e. The standard InChI is InChI=1S/C21H16F3N3O3S/c1-2-14-4-7-16(8-5-14)31(28,29)19-13-25-18-9-6-15(30-21(22,23)24)12-17(18)20(19)27-11-3-10-26-27/h3-13H,2H2,1H3. The highest BCUT2D eigenvalue weighted by Crippen LogP contribution is 2.34. The minimum Gasteiger partial charge on any atom is -0.406 e. The first-order valence-corrected chi connectivity index (χ1v) is 10.7. The van der Waals surface area contributed by atoms with E-state index in [0.29, 0.717) is 5.52 Å². The Kier molecular flexibility index (Phi) is 5.18. The smallest absolute Gasteiger partial charge is 0.406 e. The summed E-state index contributed by atoms with van der Waals surface area (Å²) in [5.74, 6) is -0.489. The van der Waals surface area contributed by atoms with Gasteiger partial charge in [0.25, 0.3) is 0 Å². The molecule has 4 aromatic rings. The maximum atomic E-state index is 13.4. The van der Waals surface area contributed by atoms with E-state index in [1.54, 1.807) is 18.2 Å². The maximum Gasteiger partial charge on any atom is 0.573 e. The highest BCUT2D eigenvalue weighted by atomic mass is 32.2. The summed E-state index contributed by atoms with van der Waals surface area (Å²) < 4.78 is 70.3. The lowest BCUT2D eigenvalue weighted by atomic mass is 10.2. The van der Waals surface area contributed by atoms with Crippen LogP contribution in [0.5, 0.6) is 5.75 Å². The molecule has 0 bridgehead atoms. The number of nitrogens with zero attached hydrogens (tertiary/aromatic N) is 3. The second kappa shape index (κ2) is 7.69. The van der Waals surface area contributed by atoms with Crippen LogP contribution < -0.4 is 4.74 Å². The number of aromatic nitrogens is 3. The third kappa shape index (κ3) is 4.11. The molecule has 2 aromatic heterocycles. The molecular weight excluding hydrogens is 431 g/mol. The van der Waals surface area contributed by atoms with E-state index in [-0.39, 0.29) is 20.9 Å². The third-order valence-electron chi connectivity index (χ3n) is 4.68. The van der Waals surface area contributed by atoms with Gasteiger partial charge in [-0.2, -0.15) is 5.10 Å². The zero-order valence-corrected chi connectivity index (χ0v) is 17.0. The van der Waals surface area contributed by atoms with E-state index >= 15 is 0 Å². The van der Waals surface area contributed by atoms with Crippen molar-refractivity contribution in [3.05, 3.63) is 72.7 Å². The summed E-state index contributed by atoms with van der Waals surface area (Å²) in [5.41, 5.74) is 1.35. The van der Waals surface area contributed by atoms with Gasteiger partial charge in [-0.3, -0.25) is 4.98 Å². The van der Waals surface area contributed by atoms with E-state index in [4.69, 9.17) is 0 Å². The second-order valence-corrected chi connectivity index (χ2v) is 8.57.